The minimum absolute atomic E-state index is 0.111. The van der Waals surface area contributed by atoms with Gasteiger partial charge in [-0.3, -0.25) is 14.9 Å². The van der Waals surface area contributed by atoms with Crippen molar-refractivity contribution in [3.63, 3.8) is 0 Å². The van der Waals surface area contributed by atoms with Crippen LogP contribution in [0.3, 0.4) is 0 Å². The van der Waals surface area contributed by atoms with Crippen molar-refractivity contribution >= 4 is 46.3 Å². The number of carbonyl (C=O) groups excluding carboxylic acids is 2. The molecular formula is C17H20ClN3O3S. The van der Waals surface area contributed by atoms with Gasteiger partial charge in [-0.25, -0.2) is 0 Å². The summed E-state index contributed by atoms with van der Waals surface area (Å²) in [6, 6.07) is 5.85. The number of carbonyl (C=O) groups is 2. The first-order valence-corrected chi connectivity index (χ1v) is 9.40. The lowest BCUT2D eigenvalue weighted by Crippen LogP contribution is -2.46. The molecule has 2 amide bonds. The Kier molecular flexibility index (Phi) is 6.01. The van der Waals surface area contributed by atoms with Gasteiger partial charge in [-0.15, -0.1) is 0 Å². The summed E-state index contributed by atoms with van der Waals surface area (Å²) in [6.07, 6.45) is 3.78. The maximum atomic E-state index is 11.8. The summed E-state index contributed by atoms with van der Waals surface area (Å²) in [6.45, 7) is 2.32. The van der Waals surface area contributed by atoms with Crippen molar-refractivity contribution in [3.8, 4) is 0 Å². The smallest absolute Gasteiger partial charge is 0.290 e. The molecule has 2 heterocycles. The van der Waals surface area contributed by atoms with Gasteiger partial charge in [0.05, 0.1) is 22.2 Å². The highest BCUT2D eigenvalue weighted by Crippen LogP contribution is 2.35. The van der Waals surface area contributed by atoms with Gasteiger partial charge in [-0.05, 0) is 36.7 Å². The molecule has 8 heteroatoms. The molecule has 25 heavy (non-hydrogen) atoms. The second-order valence-corrected chi connectivity index (χ2v) is 7.41. The van der Waals surface area contributed by atoms with Crippen LogP contribution >= 0.6 is 23.4 Å². The molecule has 0 bridgehead atoms. The van der Waals surface area contributed by atoms with E-state index in [9.17, 15) is 9.59 Å². The zero-order valence-electron chi connectivity index (χ0n) is 13.6. The molecule has 2 aliphatic heterocycles. The van der Waals surface area contributed by atoms with Crippen molar-refractivity contribution in [2.45, 2.75) is 18.9 Å². The maximum Gasteiger partial charge on any atom is 0.290 e. The summed E-state index contributed by atoms with van der Waals surface area (Å²) >= 11 is 7.36. The van der Waals surface area contributed by atoms with Crippen molar-refractivity contribution in [2.75, 3.05) is 31.1 Å². The van der Waals surface area contributed by atoms with Crippen molar-refractivity contribution in [2.24, 2.45) is 0 Å². The Morgan fingerprint density at radius 2 is 2.28 bits per heavy atom. The van der Waals surface area contributed by atoms with E-state index in [0.717, 1.165) is 48.9 Å². The molecule has 0 aromatic heterocycles. The van der Waals surface area contributed by atoms with Gasteiger partial charge in [-0.2, -0.15) is 0 Å². The van der Waals surface area contributed by atoms with E-state index in [2.05, 4.69) is 15.5 Å². The molecule has 2 aliphatic rings. The average Bonchev–Trinajstić information content (AvgIpc) is 2.90. The van der Waals surface area contributed by atoms with Gasteiger partial charge in [0.1, 0.15) is 0 Å². The Balaban J connectivity index is 1.87. The fraction of sp³-hybridized carbons (Fsp3) is 0.412. The fourth-order valence-electron chi connectivity index (χ4n) is 3.16. The topological polar surface area (TPSA) is 81.7 Å². The number of halogens is 1. The highest BCUT2D eigenvalue weighted by atomic mass is 35.5. The summed E-state index contributed by atoms with van der Waals surface area (Å²) in [5.41, 5.74) is 1.70. The van der Waals surface area contributed by atoms with Crippen molar-refractivity contribution in [1.82, 2.24) is 10.6 Å². The molecule has 1 aromatic rings. The fourth-order valence-corrected chi connectivity index (χ4v) is 4.13. The maximum absolute atomic E-state index is 11.8. The van der Waals surface area contributed by atoms with Crippen LogP contribution in [0.2, 0.25) is 5.02 Å². The molecule has 6 nitrogen and oxygen atoms in total. The second-order valence-electron chi connectivity index (χ2n) is 5.99. The third-order valence-corrected chi connectivity index (χ3v) is 5.34. The largest absolute Gasteiger partial charge is 0.395 e. The molecule has 0 aliphatic carbocycles. The Labute approximate surface area is 155 Å². The normalized spacial score (nSPS) is 22.6. The Hall–Kier alpha value is -1.54. The quantitative estimate of drug-likeness (QED) is 0.678. The van der Waals surface area contributed by atoms with E-state index >= 15 is 0 Å². The Morgan fingerprint density at radius 3 is 3.00 bits per heavy atom. The number of piperidine rings is 1. The zero-order valence-corrected chi connectivity index (χ0v) is 15.2. The number of anilines is 1. The minimum Gasteiger partial charge on any atom is -0.395 e. The van der Waals surface area contributed by atoms with Crippen LogP contribution in [0.1, 0.15) is 18.4 Å². The highest BCUT2D eigenvalue weighted by molar-refractivity contribution is 8.18. The molecule has 3 N–H and O–H groups in total. The number of thioether (sulfide) groups is 1. The number of amides is 2. The summed E-state index contributed by atoms with van der Waals surface area (Å²) in [4.78, 5) is 25.8. The summed E-state index contributed by atoms with van der Waals surface area (Å²) in [7, 11) is 0. The van der Waals surface area contributed by atoms with Crippen LogP contribution in [0, 0.1) is 0 Å². The van der Waals surface area contributed by atoms with E-state index in [1.807, 2.05) is 18.2 Å². The van der Waals surface area contributed by atoms with E-state index in [4.69, 9.17) is 16.7 Å². The molecule has 134 valence electrons. The number of benzene rings is 1. The Bertz CT molecular complexity index is 710. The number of rotatable bonds is 5. The van der Waals surface area contributed by atoms with Crippen LogP contribution in [-0.4, -0.2) is 48.5 Å². The molecular weight excluding hydrogens is 362 g/mol. The summed E-state index contributed by atoms with van der Waals surface area (Å²) in [5.74, 6) is -0.373. The SMILES string of the molecule is O=C1NC(=O)/C(=C/c2cccc(Cl)c2N2CCC[C@@H](NCCO)C2)S1. The monoisotopic (exact) mass is 381 g/mol. The molecule has 0 saturated carbocycles. The van der Waals surface area contributed by atoms with Gasteiger partial charge in [0, 0.05) is 31.2 Å². The van der Waals surface area contributed by atoms with Gasteiger partial charge in [0.15, 0.2) is 0 Å². The van der Waals surface area contributed by atoms with E-state index in [0.29, 0.717) is 16.5 Å². The van der Waals surface area contributed by atoms with Crippen LogP contribution in [0.4, 0.5) is 10.5 Å². The second kappa shape index (κ2) is 8.23. The van der Waals surface area contributed by atoms with Crippen LogP contribution < -0.4 is 15.5 Å². The lowest BCUT2D eigenvalue weighted by Gasteiger charge is -2.36. The summed E-state index contributed by atoms with van der Waals surface area (Å²) < 4.78 is 0. The molecule has 2 saturated heterocycles. The molecule has 1 atom stereocenters. The lowest BCUT2D eigenvalue weighted by atomic mass is 10.0. The number of nitrogens with zero attached hydrogens (tertiary/aromatic N) is 1. The van der Waals surface area contributed by atoms with E-state index in [1.54, 1.807) is 6.08 Å². The Morgan fingerprint density at radius 1 is 1.44 bits per heavy atom. The van der Waals surface area contributed by atoms with Crippen molar-refractivity contribution in [3.05, 3.63) is 33.7 Å². The molecule has 1 aromatic carbocycles. The zero-order chi connectivity index (χ0) is 17.8. The third kappa shape index (κ3) is 4.36. The van der Waals surface area contributed by atoms with E-state index in [1.165, 1.54) is 0 Å². The van der Waals surface area contributed by atoms with Gasteiger partial charge in [-0.1, -0.05) is 23.7 Å². The van der Waals surface area contributed by atoms with Crippen LogP contribution in [0.5, 0.6) is 0 Å². The summed E-state index contributed by atoms with van der Waals surface area (Å²) in [5, 5.41) is 14.9. The van der Waals surface area contributed by atoms with Crippen LogP contribution in [-0.2, 0) is 4.79 Å². The first kappa shape index (κ1) is 18.3. The van der Waals surface area contributed by atoms with E-state index < -0.39 is 0 Å². The van der Waals surface area contributed by atoms with Gasteiger partial charge < -0.3 is 15.3 Å². The van der Waals surface area contributed by atoms with Crippen molar-refractivity contribution < 1.29 is 14.7 Å². The number of hydrogen-bond acceptors (Lipinski definition) is 6. The lowest BCUT2D eigenvalue weighted by molar-refractivity contribution is -0.115. The number of hydrogen-bond donors (Lipinski definition) is 3. The number of nitrogens with one attached hydrogen (secondary N) is 2. The van der Waals surface area contributed by atoms with Gasteiger partial charge >= 0.3 is 0 Å². The number of imide groups is 1. The molecule has 2 fully saturated rings. The minimum atomic E-state index is -0.373. The first-order chi connectivity index (χ1) is 12.1. The van der Waals surface area contributed by atoms with Gasteiger partial charge in [0.2, 0.25) is 0 Å². The van der Waals surface area contributed by atoms with Crippen LogP contribution in [0.15, 0.2) is 23.1 Å². The average molecular weight is 382 g/mol. The molecule has 0 spiro atoms. The standard InChI is InChI=1S/C17H20ClN3O3S/c18-13-5-1-3-11(9-14-16(23)20-17(24)25-14)15(13)21-7-2-4-12(10-21)19-6-8-22/h1,3,5,9,12,19,22H,2,4,6-8,10H2,(H,20,23,24)/b14-9-/t12-/m1/s1. The molecule has 0 unspecified atom stereocenters. The van der Waals surface area contributed by atoms with E-state index in [-0.39, 0.29) is 23.8 Å². The van der Waals surface area contributed by atoms with Crippen LogP contribution in [0.25, 0.3) is 6.08 Å². The highest BCUT2D eigenvalue weighted by Gasteiger charge is 2.27. The predicted molar refractivity (Wildman–Crippen MR) is 101 cm³/mol. The van der Waals surface area contributed by atoms with Gasteiger partial charge in [0.25, 0.3) is 11.1 Å². The predicted octanol–water partition coefficient (Wildman–Crippen LogP) is 2.21. The molecule has 0 radical (unpaired) electrons. The molecule has 3 rings (SSSR count). The number of aliphatic hydroxyl groups is 1. The number of para-hydroxylation sites is 1. The first-order valence-electron chi connectivity index (χ1n) is 8.21. The number of aliphatic hydroxyl groups excluding tert-OH is 1. The van der Waals surface area contributed by atoms with Crippen molar-refractivity contribution in [1.29, 1.82) is 0 Å². The third-order valence-electron chi connectivity index (χ3n) is 4.23.